The molecule has 1 aromatic rings. The van der Waals surface area contributed by atoms with E-state index in [0.29, 0.717) is 5.75 Å². The van der Waals surface area contributed by atoms with Gasteiger partial charge in [0.2, 0.25) is 0 Å². The summed E-state index contributed by atoms with van der Waals surface area (Å²) in [5.41, 5.74) is 1.07. The Balaban J connectivity index is 2.63. The fourth-order valence-electron chi connectivity index (χ4n) is 1.81. The number of nitro groups is 1. The number of non-ortho nitro benzene ring substituents is 1. The van der Waals surface area contributed by atoms with Crippen molar-refractivity contribution in [3.8, 4) is 0 Å². The van der Waals surface area contributed by atoms with Crippen LogP contribution in [0.5, 0.6) is 0 Å². The Morgan fingerprint density at radius 1 is 1.33 bits per heavy atom. The van der Waals surface area contributed by atoms with E-state index in [2.05, 4.69) is 5.32 Å². The number of nitrogens with one attached hydrogen (secondary N) is 1. The molecule has 0 radical (unpaired) electrons. The van der Waals surface area contributed by atoms with Gasteiger partial charge in [0.05, 0.1) is 4.92 Å². The molecule has 0 aliphatic carbocycles. The van der Waals surface area contributed by atoms with Gasteiger partial charge in [0.15, 0.2) is 0 Å². The van der Waals surface area contributed by atoms with Gasteiger partial charge in [0.25, 0.3) is 5.69 Å². The van der Waals surface area contributed by atoms with Crippen molar-refractivity contribution in [3.05, 3.63) is 39.9 Å². The fourth-order valence-corrected chi connectivity index (χ4v) is 2.61. The molecule has 3 unspecified atom stereocenters. The minimum atomic E-state index is -0.830. The second-order valence-corrected chi connectivity index (χ2v) is 5.86. The normalized spacial score (nSPS) is 15.9. The van der Waals surface area contributed by atoms with Gasteiger partial charge >= 0.3 is 0 Å². The first-order chi connectivity index (χ1) is 8.40. The third kappa shape index (κ3) is 4.54. The van der Waals surface area contributed by atoms with Crippen molar-refractivity contribution in [2.24, 2.45) is 0 Å². The molecule has 18 heavy (non-hydrogen) atoms. The number of rotatable bonds is 6. The molecule has 0 bridgehead atoms. The number of hydrogen-bond donors (Lipinski definition) is 1. The van der Waals surface area contributed by atoms with E-state index < -0.39 is 15.7 Å². The Labute approximate surface area is 109 Å². The van der Waals surface area contributed by atoms with E-state index in [1.807, 2.05) is 13.8 Å². The molecule has 0 spiro atoms. The molecule has 0 heterocycles. The maximum Gasteiger partial charge on any atom is 0.269 e. The highest BCUT2D eigenvalue weighted by Crippen LogP contribution is 2.17. The molecule has 1 N–H and O–H groups in total. The lowest BCUT2D eigenvalue weighted by atomic mass is 10.1. The second kappa shape index (κ2) is 6.61. The monoisotopic (exact) mass is 270 g/mol. The van der Waals surface area contributed by atoms with E-state index >= 15 is 0 Å². The van der Waals surface area contributed by atoms with Crippen molar-refractivity contribution in [3.63, 3.8) is 0 Å². The van der Waals surface area contributed by atoms with Crippen molar-refractivity contribution in [2.45, 2.75) is 25.9 Å². The van der Waals surface area contributed by atoms with Gasteiger partial charge in [-0.05, 0) is 19.4 Å². The molecule has 0 aliphatic rings. The molecule has 0 saturated heterocycles. The number of benzene rings is 1. The molecule has 6 heteroatoms. The standard InChI is InChI=1S/C12H18N2O3S/c1-9(8-18(3)17)13-10(2)11-4-6-12(7-5-11)14(15)16/h4-7,9-10,13H,8H2,1-3H3. The van der Waals surface area contributed by atoms with Crippen LogP contribution in [-0.2, 0) is 10.8 Å². The molecule has 1 rings (SSSR count). The maximum atomic E-state index is 11.1. The largest absolute Gasteiger partial charge is 0.307 e. The van der Waals surface area contributed by atoms with Crippen molar-refractivity contribution >= 4 is 16.5 Å². The predicted octanol–water partition coefficient (Wildman–Crippen LogP) is 2.01. The lowest BCUT2D eigenvalue weighted by Crippen LogP contribution is -2.33. The van der Waals surface area contributed by atoms with E-state index in [9.17, 15) is 14.3 Å². The SMILES string of the molecule is CC(CS(C)=O)NC(C)c1ccc([N+](=O)[O-])cc1. The van der Waals surface area contributed by atoms with Gasteiger partial charge < -0.3 is 5.32 Å². The summed E-state index contributed by atoms with van der Waals surface area (Å²) in [5, 5.41) is 13.9. The minimum Gasteiger partial charge on any atom is -0.307 e. The van der Waals surface area contributed by atoms with E-state index in [1.165, 1.54) is 12.1 Å². The number of nitrogens with zero attached hydrogens (tertiary/aromatic N) is 1. The van der Waals surface area contributed by atoms with E-state index in [0.717, 1.165) is 5.56 Å². The smallest absolute Gasteiger partial charge is 0.269 e. The van der Waals surface area contributed by atoms with E-state index in [4.69, 9.17) is 0 Å². The zero-order valence-electron chi connectivity index (χ0n) is 10.8. The summed E-state index contributed by atoms with van der Waals surface area (Å²) in [7, 11) is -0.830. The molecule has 0 aromatic heterocycles. The highest BCUT2D eigenvalue weighted by Gasteiger charge is 2.12. The first-order valence-electron chi connectivity index (χ1n) is 5.70. The molecule has 3 atom stereocenters. The summed E-state index contributed by atoms with van der Waals surface area (Å²) in [6, 6.07) is 6.69. The number of nitro benzene ring substituents is 1. The van der Waals surface area contributed by atoms with Crippen molar-refractivity contribution in [2.75, 3.05) is 12.0 Å². The Morgan fingerprint density at radius 3 is 2.33 bits per heavy atom. The lowest BCUT2D eigenvalue weighted by molar-refractivity contribution is -0.384. The fraction of sp³-hybridized carbons (Fsp3) is 0.500. The summed E-state index contributed by atoms with van der Waals surface area (Å²) in [5.74, 6) is 0.595. The minimum absolute atomic E-state index is 0.0735. The molecule has 0 amide bonds. The first-order valence-corrected chi connectivity index (χ1v) is 7.43. The van der Waals surface area contributed by atoms with Crippen LogP contribution in [-0.4, -0.2) is 27.2 Å². The van der Waals surface area contributed by atoms with Gasteiger partial charge in [-0.2, -0.15) is 0 Å². The van der Waals surface area contributed by atoms with Crippen LogP contribution >= 0.6 is 0 Å². The zero-order valence-corrected chi connectivity index (χ0v) is 11.6. The van der Waals surface area contributed by atoms with Gasteiger partial charge in [-0.1, -0.05) is 12.1 Å². The average Bonchev–Trinajstić information content (AvgIpc) is 2.27. The first kappa shape index (κ1) is 14.8. The molecule has 1 aromatic carbocycles. The van der Waals surface area contributed by atoms with Crippen LogP contribution in [0.25, 0.3) is 0 Å². The van der Waals surface area contributed by atoms with E-state index in [-0.39, 0.29) is 17.8 Å². The Hall–Kier alpha value is -1.27. The van der Waals surface area contributed by atoms with Crippen LogP contribution in [0.3, 0.4) is 0 Å². The van der Waals surface area contributed by atoms with Crippen molar-refractivity contribution in [1.82, 2.24) is 5.32 Å². The quantitative estimate of drug-likeness (QED) is 0.634. The molecular formula is C12H18N2O3S. The average molecular weight is 270 g/mol. The highest BCUT2D eigenvalue weighted by molar-refractivity contribution is 7.84. The van der Waals surface area contributed by atoms with Crippen molar-refractivity contribution < 1.29 is 9.13 Å². The summed E-state index contributed by atoms with van der Waals surface area (Å²) < 4.78 is 11.1. The molecule has 100 valence electrons. The zero-order chi connectivity index (χ0) is 13.7. The van der Waals surface area contributed by atoms with Gasteiger partial charge in [0, 0.05) is 47.0 Å². The third-order valence-electron chi connectivity index (χ3n) is 2.62. The topological polar surface area (TPSA) is 72.2 Å². The van der Waals surface area contributed by atoms with E-state index in [1.54, 1.807) is 18.4 Å². The Morgan fingerprint density at radius 2 is 1.89 bits per heavy atom. The Kier molecular flexibility index (Phi) is 5.43. The summed E-state index contributed by atoms with van der Waals surface area (Å²) >= 11 is 0. The predicted molar refractivity (Wildman–Crippen MR) is 73.0 cm³/mol. The maximum absolute atomic E-state index is 11.1. The van der Waals surface area contributed by atoms with Crippen LogP contribution < -0.4 is 5.32 Å². The second-order valence-electron chi connectivity index (χ2n) is 4.38. The summed E-state index contributed by atoms with van der Waals surface area (Å²) in [6.07, 6.45) is 1.68. The van der Waals surface area contributed by atoms with Crippen LogP contribution in [0, 0.1) is 10.1 Å². The summed E-state index contributed by atoms with van der Waals surface area (Å²) in [4.78, 5) is 10.1. The van der Waals surface area contributed by atoms with Crippen LogP contribution in [0.2, 0.25) is 0 Å². The molecule has 0 fully saturated rings. The van der Waals surface area contributed by atoms with Gasteiger partial charge in [0.1, 0.15) is 0 Å². The lowest BCUT2D eigenvalue weighted by Gasteiger charge is -2.19. The molecule has 0 saturated carbocycles. The van der Waals surface area contributed by atoms with Gasteiger partial charge in [-0.3, -0.25) is 14.3 Å². The molecule has 0 aliphatic heterocycles. The van der Waals surface area contributed by atoms with Crippen molar-refractivity contribution in [1.29, 1.82) is 0 Å². The summed E-state index contributed by atoms with van der Waals surface area (Å²) in [6.45, 7) is 3.96. The highest BCUT2D eigenvalue weighted by atomic mass is 32.2. The Bertz CT molecular complexity index is 433. The van der Waals surface area contributed by atoms with Crippen LogP contribution in [0.15, 0.2) is 24.3 Å². The molecular weight excluding hydrogens is 252 g/mol. The third-order valence-corrected chi connectivity index (χ3v) is 3.59. The molecule has 5 nitrogen and oxygen atoms in total. The van der Waals surface area contributed by atoms with Gasteiger partial charge in [-0.25, -0.2) is 0 Å². The van der Waals surface area contributed by atoms with Crippen LogP contribution in [0.1, 0.15) is 25.5 Å². The van der Waals surface area contributed by atoms with Gasteiger partial charge in [-0.15, -0.1) is 0 Å². The van der Waals surface area contributed by atoms with Crippen LogP contribution in [0.4, 0.5) is 5.69 Å². The number of hydrogen-bond acceptors (Lipinski definition) is 4.